The SMILES string of the molecule is COC[C@@H]1CN(c2nccc(C)n2)CC(C)(C)O1. The van der Waals surface area contributed by atoms with Gasteiger partial charge in [-0.1, -0.05) is 0 Å². The molecule has 1 aromatic rings. The average molecular weight is 251 g/mol. The van der Waals surface area contributed by atoms with E-state index >= 15 is 0 Å². The number of ether oxygens (including phenoxy) is 2. The maximum Gasteiger partial charge on any atom is 0.225 e. The van der Waals surface area contributed by atoms with Crippen molar-refractivity contribution in [1.82, 2.24) is 9.97 Å². The fourth-order valence-corrected chi connectivity index (χ4v) is 2.31. The minimum Gasteiger partial charge on any atom is -0.382 e. The Hall–Kier alpha value is -1.20. The molecule has 5 nitrogen and oxygen atoms in total. The van der Waals surface area contributed by atoms with E-state index in [1.54, 1.807) is 13.3 Å². The summed E-state index contributed by atoms with van der Waals surface area (Å²) in [5, 5.41) is 0. The molecule has 0 N–H and O–H groups in total. The van der Waals surface area contributed by atoms with Crippen molar-refractivity contribution in [2.24, 2.45) is 0 Å². The summed E-state index contributed by atoms with van der Waals surface area (Å²) < 4.78 is 11.2. The van der Waals surface area contributed by atoms with Gasteiger partial charge in [0.05, 0.1) is 18.3 Å². The Balaban J connectivity index is 2.16. The third-order valence-corrected chi connectivity index (χ3v) is 2.90. The van der Waals surface area contributed by atoms with Crippen LogP contribution in [-0.2, 0) is 9.47 Å². The van der Waals surface area contributed by atoms with E-state index in [1.807, 2.05) is 13.0 Å². The molecule has 1 fully saturated rings. The van der Waals surface area contributed by atoms with Crippen LogP contribution in [0.15, 0.2) is 12.3 Å². The molecule has 1 aliphatic rings. The number of methoxy groups -OCH3 is 1. The van der Waals surface area contributed by atoms with Crippen LogP contribution in [0.3, 0.4) is 0 Å². The lowest BCUT2D eigenvalue weighted by Gasteiger charge is -2.42. The highest BCUT2D eigenvalue weighted by Crippen LogP contribution is 2.23. The normalized spacial score (nSPS) is 23.1. The predicted molar refractivity (Wildman–Crippen MR) is 69.8 cm³/mol. The molecule has 100 valence electrons. The van der Waals surface area contributed by atoms with Gasteiger partial charge in [-0.15, -0.1) is 0 Å². The zero-order valence-electron chi connectivity index (χ0n) is 11.5. The van der Waals surface area contributed by atoms with Crippen molar-refractivity contribution in [3.05, 3.63) is 18.0 Å². The molecule has 1 aromatic heterocycles. The molecule has 0 aromatic carbocycles. The maximum absolute atomic E-state index is 5.97. The van der Waals surface area contributed by atoms with Crippen LogP contribution in [0.25, 0.3) is 0 Å². The van der Waals surface area contributed by atoms with Crippen molar-refractivity contribution < 1.29 is 9.47 Å². The van der Waals surface area contributed by atoms with E-state index in [9.17, 15) is 0 Å². The predicted octanol–water partition coefficient (Wildman–Crippen LogP) is 1.42. The number of morpholine rings is 1. The Bertz CT molecular complexity index is 409. The van der Waals surface area contributed by atoms with Gasteiger partial charge in [0, 0.05) is 32.1 Å². The van der Waals surface area contributed by atoms with E-state index < -0.39 is 0 Å². The van der Waals surface area contributed by atoms with Gasteiger partial charge in [0.15, 0.2) is 0 Å². The number of rotatable bonds is 3. The molecule has 0 bridgehead atoms. The van der Waals surface area contributed by atoms with Gasteiger partial charge in [-0.25, -0.2) is 9.97 Å². The van der Waals surface area contributed by atoms with Gasteiger partial charge in [0.25, 0.3) is 0 Å². The quantitative estimate of drug-likeness (QED) is 0.813. The molecule has 0 radical (unpaired) electrons. The van der Waals surface area contributed by atoms with Gasteiger partial charge >= 0.3 is 0 Å². The number of hydrogen-bond acceptors (Lipinski definition) is 5. The first-order valence-electron chi connectivity index (χ1n) is 6.21. The van der Waals surface area contributed by atoms with Gasteiger partial charge in [-0.2, -0.15) is 0 Å². The van der Waals surface area contributed by atoms with Crippen LogP contribution < -0.4 is 4.90 Å². The van der Waals surface area contributed by atoms with Crippen LogP contribution in [0, 0.1) is 6.92 Å². The van der Waals surface area contributed by atoms with Crippen molar-refractivity contribution in [1.29, 1.82) is 0 Å². The van der Waals surface area contributed by atoms with Gasteiger partial charge in [-0.05, 0) is 26.8 Å². The monoisotopic (exact) mass is 251 g/mol. The number of aryl methyl sites for hydroxylation is 1. The molecule has 0 amide bonds. The summed E-state index contributed by atoms with van der Waals surface area (Å²) in [5.41, 5.74) is 0.766. The molecule has 1 saturated heterocycles. The van der Waals surface area contributed by atoms with Crippen LogP contribution in [0.5, 0.6) is 0 Å². The Kier molecular flexibility index (Phi) is 3.82. The lowest BCUT2D eigenvalue weighted by atomic mass is 10.1. The molecule has 2 heterocycles. The van der Waals surface area contributed by atoms with E-state index in [4.69, 9.17) is 9.47 Å². The maximum atomic E-state index is 5.97. The van der Waals surface area contributed by atoms with Gasteiger partial charge in [-0.3, -0.25) is 0 Å². The fraction of sp³-hybridized carbons (Fsp3) is 0.692. The van der Waals surface area contributed by atoms with Crippen molar-refractivity contribution in [2.45, 2.75) is 32.5 Å². The zero-order chi connectivity index (χ0) is 13.2. The number of nitrogens with zero attached hydrogens (tertiary/aromatic N) is 3. The first kappa shape index (κ1) is 13.2. The van der Waals surface area contributed by atoms with Crippen LogP contribution >= 0.6 is 0 Å². The van der Waals surface area contributed by atoms with Crippen molar-refractivity contribution >= 4 is 5.95 Å². The van der Waals surface area contributed by atoms with Crippen LogP contribution in [-0.4, -0.2) is 48.5 Å². The van der Waals surface area contributed by atoms with E-state index in [2.05, 4.69) is 28.7 Å². The highest BCUT2D eigenvalue weighted by molar-refractivity contribution is 5.32. The highest BCUT2D eigenvalue weighted by Gasteiger charge is 2.34. The van der Waals surface area contributed by atoms with Crippen molar-refractivity contribution in [3.8, 4) is 0 Å². The topological polar surface area (TPSA) is 47.5 Å². The molecular weight excluding hydrogens is 230 g/mol. The summed E-state index contributed by atoms with van der Waals surface area (Å²) in [5.74, 6) is 0.771. The van der Waals surface area contributed by atoms with E-state index in [0.29, 0.717) is 6.61 Å². The summed E-state index contributed by atoms with van der Waals surface area (Å²) in [6.45, 7) is 8.28. The smallest absolute Gasteiger partial charge is 0.225 e. The molecule has 1 aliphatic heterocycles. The number of anilines is 1. The van der Waals surface area contributed by atoms with Crippen LogP contribution in [0.2, 0.25) is 0 Å². The first-order chi connectivity index (χ1) is 8.50. The Morgan fingerprint density at radius 3 is 3.00 bits per heavy atom. The summed E-state index contributed by atoms with van der Waals surface area (Å²) in [6, 6.07) is 1.90. The molecule has 0 aliphatic carbocycles. The molecule has 0 unspecified atom stereocenters. The first-order valence-corrected chi connectivity index (χ1v) is 6.21. The summed E-state index contributed by atoms with van der Waals surface area (Å²) >= 11 is 0. The molecule has 1 atom stereocenters. The molecule has 0 spiro atoms. The molecule has 0 saturated carbocycles. The lowest BCUT2D eigenvalue weighted by Crippen LogP contribution is -2.54. The number of hydrogen-bond donors (Lipinski definition) is 0. The molecular formula is C13H21N3O2. The van der Waals surface area contributed by atoms with Crippen molar-refractivity contribution in [3.63, 3.8) is 0 Å². The van der Waals surface area contributed by atoms with Crippen LogP contribution in [0.4, 0.5) is 5.95 Å². The second-order valence-electron chi connectivity index (χ2n) is 5.33. The molecule has 5 heteroatoms. The molecule has 18 heavy (non-hydrogen) atoms. The third kappa shape index (κ3) is 3.17. The van der Waals surface area contributed by atoms with E-state index in [1.165, 1.54) is 0 Å². The van der Waals surface area contributed by atoms with Gasteiger partial charge in [0.1, 0.15) is 0 Å². The largest absolute Gasteiger partial charge is 0.382 e. The summed E-state index contributed by atoms with van der Waals surface area (Å²) in [6.07, 6.45) is 1.86. The summed E-state index contributed by atoms with van der Waals surface area (Å²) in [4.78, 5) is 11.0. The van der Waals surface area contributed by atoms with Crippen LogP contribution in [0.1, 0.15) is 19.5 Å². The Morgan fingerprint density at radius 2 is 2.33 bits per heavy atom. The third-order valence-electron chi connectivity index (χ3n) is 2.90. The average Bonchev–Trinajstić information content (AvgIpc) is 2.27. The summed E-state index contributed by atoms with van der Waals surface area (Å²) in [7, 11) is 1.69. The number of aromatic nitrogens is 2. The van der Waals surface area contributed by atoms with Crippen molar-refractivity contribution in [2.75, 3.05) is 31.7 Å². The lowest BCUT2D eigenvalue weighted by molar-refractivity contribution is -0.106. The minimum absolute atomic E-state index is 0.0582. The second-order valence-corrected chi connectivity index (χ2v) is 5.33. The van der Waals surface area contributed by atoms with Gasteiger partial charge < -0.3 is 14.4 Å². The van der Waals surface area contributed by atoms with E-state index in [-0.39, 0.29) is 11.7 Å². The highest BCUT2D eigenvalue weighted by atomic mass is 16.5. The van der Waals surface area contributed by atoms with Gasteiger partial charge in [0.2, 0.25) is 5.95 Å². The second kappa shape index (κ2) is 5.20. The Labute approximate surface area is 108 Å². The molecule has 2 rings (SSSR count). The fourth-order valence-electron chi connectivity index (χ4n) is 2.31. The minimum atomic E-state index is -0.214. The standard InChI is InChI=1S/C13H21N3O2/c1-10-5-6-14-12(15-10)16-7-11(8-17-4)18-13(2,3)9-16/h5-6,11H,7-9H2,1-4H3/t11-/m0/s1. The van der Waals surface area contributed by atoms with E-state index in [0.717, 1.165) is 24.7 Å². The Morgan fingerprint density at radius 1 is 1.56 bits per heavy atom. The zero-order valence-corrected chi connectivity index (χ0v) is 11.5.